The number of rotatable bonds is 7. The van der Waals surface area contributed by atoms with Gasteiger partial charge < -0.3 is 15.8 Å². The van der Waals surface area contributed by atoms with Gasteiger partial charge in [0.15, 0.2) is 5.17 Å². The predicted molar refractivity (Wildman–Crippen MR) is 180 cm³/mol. The number of nitrogens with zero attached hydrogens (tertiary/aromatic N) is 2. The molecule has 7 rings (SSSR count). The van der Waals surface area contributed by atoms with Gasteiger partial charge in [0.2, 0.25) is 5.88 Å². The Balaban J connectivity index is 1.45. The zero-order valence-electron chi connectivity index (χ0n) is 25.1. The number of fused-ring (bicyclic) bond motifs is 2. The molecule has 45 heavy (non-hydrogen) atoms. The molecule has 1 aromatic heterocycles. The van der Waals surface area contributed by atoms with Gasteiger partial charge in [0.25, 0.3) is 0 Å². The number of hydrogen-bond acceptors (Lipinski definition) is 6. The molecule has 0 radical (unpaired) electrons. The van der Waals surface area contributed by atoms with Crippen LogP contribution in [0.3, 0.4) is 0 Å². The first-order valence-electron chi connectivity index (χ1n) is 15.2. The first-order chi connectivity index (χ1) is 22.1. The summed E-state index contributed by atoms with van der Waals surface area (Å²) in [7, 11) is 1.63. The second-order valence-corrected chi connectivity index (χ2v) is 12.6. The Hall–Kier alpha value is -4.46. The molecule has 0 saturated carbocycles. The van der Waals surface area contributed by atoms with Crippen LogP contribution in [0.25, 0.3) is 0 Å². The number of benzene rings is 4. The number of aromatic nitrogens is 1. The van der Waals surface area contributed by atoms with Crippen LogP contribution in [0, 0.1) is 11.7 Å². The smallest absolute Gasteiger partial charge is 0.216 e. The van der Waals surface area contributed by atoms with Crippen molar-refractivity contribution in [1.29, 1.82) is 0 Å². The molecule has 3 N–H and O–H groups in total. The third kappa shape index (κ3) is 5.00. The lowest BCUT2D eigenvalue weighted by Crippen LogP contribution is -2.52. The maximum Gasteiger partial charge on any atom is 0.216 e. The van der Waals surface area contributed by atoms with E-state index in [1.807, 2.05) is 36.5 Å². The van der Waals surface area contributed by atoms with E-state index in [1.54, 1.807) is 24.9 Å². The third-order valence-electron chi connectivity index (χ3n) is 9.31. The molecule has 1 aliphatic carbocycles. The second kappa shape index (κ2) is 12.1. The van der Waals surface area contributed by atoms with Crippen molar-refractivity contribution in [2.45, 2.75) is 30.5 Å². The van der Waals surface area contributed by atoms with Gasteiger partial charge in [-0.2, -0.15) is 0 Å². The molecule has 5 aromatic rings. The summed E-state index contributed by atoms with van der Waals surface area (Å²) in [5.74, 6) is 1.08. The Morgan fingerprint density at radius 2 is 1.44 bits per heavy atom. The van der Waals surface area contributed by atoms with Crippen LogP contribution in [-0.4, -0.2) is 23.0 Å². The fraction of sp³-hybridized carbons (Fsp3) is 0.211. The number of nitrogens with two attached hydrogens (primary N) is 1. The fourth-order valence-electron chi connectivity index (χ4n) is 7.15. The Bertz CT molecular complexity index is 1740. The van der Waals surface area contributed by atoms with Crippen molar-refractivity contribution in [3.05, 3.63) is 166 Å². The lowest BCUT2D eigenvalue weighted by atomic mass is 9.67. The molecule has 0 amide bonds. The predicted octanol–water partition coefficient (Wildman–Crippen LogP) is 6.98. The molecule has 7 heteroatoms. The molecule has 0 bridgehead atoms. The van der Waals surface area contributed by atoms with E-state index >= 15 is 4.39 Å². The maximum atomic E-state index is 15.9. The molecular weight excluding hydrogens is 580 g/mol. The summed E-state index contributed by atoms with van der Waals surface area (Å²) in [5.41, 5.74) is 11.5. The average Bonchev–Trinajstić information content (AvgIpc) is 3.10. The normalized spacial score (nSPS) is 19.2. The molecule has 0 spiro atoms. The van der Waals surface area contributed by atoms with Gasteiger partial charge in [0, 0.05) is 42.0 Å². The first kappa shape index (κ1) is 29.3. The van der Waals surface area contributed by atoms with Crippen LogP contribution in [0.4, 0.5) is 4.39 Å². The molecule has 2 heterocycles. The molecule has 4 aromatic carbocycles. The first-order valence-corrected chi connectivity index (χ1v) is 16.2. The molecular formula is C38H35FN4OS. The van der Waals surface area contributed by atoms with Gasteiger partial charge in [-0.1, -0.05) is 121 Å². The molecule has 1 aliphatic heterocycles. The number of aliphatic imine (C=N–C) groups is 1. The summed E-state index contributed by atoms with van der Waals surface area (Å²) < 4.78 is 21.7. The zero-order chi connectivity index (χ0) is 30.9. The summed E-state index contributed by atoms with van der Waals surface area (Å²) in [6.45, 7) is 0.385. The van der Waals surface area contributed by atoms with Gasteiger partial charge >= 0.3 is 0 Å². The minimum Gasteiger partial charge on any atom is -0.481 e. The van der Waals surface area contributed by atoms with Crippen LogP contribution in [-0.2, 0) is 30.5 Å². The number of methoxy groups -OCH3 is 1. The highest BCUT2D eigenvalue weighted by Gasteiger charge is 2.50. The highest BCUT2D eigenvalue weighted by atomic mass is 32.2. The van der Waals surface area contributed by atoms with E-state index in [9.17, 15) is 0 Å². The highest BCUT2D eigenvalue weighted by Crippen LogP contribution is 2.51. The van der Waals surface area contributed by atoms with E-state index in [-0.39, 0.29) is 11.7 Å². The third-order valence-corrected chi connectivity index (χ3v) is 10.3. The summed E-state index contributed by atoms with van der Waals surface area (Å²) in [5, 5.41) is 4.72. The SMILES string of the molecule is COc1ncc(CN)c2c1C[C@]1(c3ccccc3F)N=C(NC(c3ccccc3)(c3ccccc3)c3ccccc3)SC[C@@H]1C2. The summed E-state index contributed by atoms with van der Waals surface area (Å²) in [4.78, 5) is 10.2. The number of thioether (sulfide) groups is 1. The highest BCUT2D eigenvalue weighted by molar-refractivity contribution is 8.13. The number of nitrogens with one attached hydrogen (secondary N) is 1. The van der Waals surface area contributed by atoms with Crippen LogP contribution in [0.15, 0.2) is 126 Å². The Kier molecular flexibility index (Phi) is 7.90. The molecule has 0 saturated heterocycles. The number of ether oxygens (including phenoxy) is 1. The monoisotopic (exact) mass is 614 g/mol. The second-order valence-electron chi connectivity index (χ2n) is 11.6. The van der Waals surface area contributed by atoms with E-state index in [0.29, 0.717) is 30.8 Å². The summed E-state index contributed by atoms with van der Waals surface area (Å²) in [6.07, 6.45) is 2.98. The number of hydrogen-bond donors (Lipinski definition) is 2. The molecule has 5 nitrogen and oxygen atoms in total. The van der Waals surface area contributed by atoms with Crippen molar-refractivity contribution in [2.75, 3.05) is 12.9 Å². The van der Waals surface area contributed by atoms with E-state index in [4.69, 9.17) is 15.5 Å². The minimum atomic E-state index is -0.871. The van der Waals surface area contributed by atoms with Crippen molar-refractivity contribution in [2.24, 2.45) is 16.6 Å². The summed E-state index contributed by atoms with van der Waals surface area (Å²) >= 11 is 1.70. The fourth-order valence-corrected chi connectivity index (χ4v) is 8.35. The quantitative estimate of drug-likeness (QED) is 0.194. The molecule has 2 atom stereocenters. The van der Waals surface area contributed by atoms with E-state index < -0.39 is 11.1 Å². The van der Waals surface area contributed by atoms with E-state index in [2.05, 4.69) is 83.1 Å². The molecule has 226 valence electrons. The maximum absolute atomic E-state index is 15.9. The molecule has 2 aliphatic rings. The Morgan fingerprint density at radius 3 is 2.00 bits per heavy atom. The number of amidine groups is 1. The number of halogens is 1. The Labute approximate surface area is 267 Å². The lowest BCUT2D eigenvalue weighted by Gasteiger charge is -2.47. The largest absolute Gasteiger partial charge is 0.481 e. The van der Waals surface area contributed by atoms with Crippen molar-refractivity contribution < 1.29 is 9.13 Å². The zero-order valence-corrected chi connectivity index (χ0v) is 25.9. The van der Waals surface area contributed by atoms with Crippen molar-refractivity contribution in [1.82, 2.24) is 10.3 Å². The van der Waals surface area contributed by atoms with E-state index in [0.717, 1.165) is 44.3 Å². The van der Waals surface area contributed by atoms with Gasteiger partial charge in [-0.05, 0) is 40.3 Å². The van der Waals surface area contributed by atoms with Crippen LogP contribution in [0.5, 0.6) is 5.88 Å². The van der Waals surface area contributed by atoms with Crippen molar-refractivity contribution >= 4 is 16.9 Å². The van der Waals surface area contributed by atoms with Gasteiger partial charge in [0.1, 0.15) is 11.4 Å². The summed E-state index contributed by atoms with van der Waals surface area (Å²) in [6, 6.07) is 38.5. The molecule has 0 unspecified atom stereocenters. The van der Waals surface area contributed by atoms with Crippen molar-refractivity contribution in [3.8, 4) is 5.88 Å². The van der Waals surface area contributed by atoms with Crippen LogP contribution in [0.1, 0.15) is 38.9 Å². The minimum absolute atomic E-state index is 0.0365. The Morgan fingerprint density at radius 1 is 0.867 bits per heavy atom. The standard InChI is InChI=1S/C38H35FN4OS/c1-44-35-32-22-37(33-19-11-12-20-34(33)39)30(21-31(32)26(23-40)24-41-35)25-45-36(42-37)43-38(27-13-5-2-6-14-27,28-15-7-3-8-16-28)29-17-9-4-10-18-29/h2-20,24,30H,21-23,25,40H2,1H3,(H,42,43)/t30-,37-/m0/s1. The topological polar surface area (TPSA) is 72.5 Å². The van der Waals surface area contributed by atoms with Gasteiger partial charge in [-0.15, -0.1) is 0 Å². The molecule has 0 fully saturated rings. The van der Waals surface area contributed by atoms with Gasteiger partial charge in [0.05, 0.1) is 12.6 Å². The van der Waals surface area contributed by atoms with Crippen LogP contribution < -0.4 is 15.8 Å². The number of pyridine rings is 1. The van der Waals surface area contributed by atoms with Gasteiger partial charge in [-0.3, -0.25) is 4.99 Å². The van der Waals surface area contributed by atoms with Crippen LogP contribution >= 0.6 is 11.8 Å². The van der Waals surface area contributed by atoms with E-state index in [1.165, 1.54) is 6.07 Å². The van der Waals surface area contributed by atoms with Crippen LogP contribution in [0.2, 0.25) is 0 Å². The van der Waals surface area contributed by atoms with Crippen molar-refractivity contribution in [3.63, 3.8) is 0 Å². The van der Waals surface area contributed by atoms with Gasteiger partial charge in [-0.25, -0.2) is 9.37 Å². The lowest BCUT2D eigenvalue weighted by molar-refractivity contribution is 0.260. The average molecular weight is 615 g/mol.